The van der Waals surface area contributed by atoms with Gasteiger partial charge >= 0.3 is 0 Å². The summed E-state index contributed by atoms with van der Waals surface area (Å²) in [6, 6.07) is 5.55. The second kappa shape index (κ2) is 8.55. The molecule has 25 heavy (non-hydrogen) atoms. The quantitative estimate of drug-likeness (QED) is 0.617. The molecule has 0 atom stereocenters. The van der Waals surface area contributed by atoms with E-state index in [1.807, 2.05) is 37.7 Å². The van der Waals surface area contributed by atoms with E-state index < -0.39 is 0 Å². The summed E-state index contributed by atoms with van der Waals surface area (Å²) in [6.07, 6.45) is 7.51. The molecule has 0 fully saturated rings. The summed E-state index contributed by atoms with van der Waals surface area (Å²) in [4.78, 5) is 15.0. The highest BCUT2D eigenvalue weighted by Crippen LogP contribution is 2.28. The maximum absolute atomic E-state index is 5.95. The minimum Gasteiger partial charge on any atom is -0.490 e. The van der Waals surface area contributed by atoms with Gasteiger partial charge in [0, 0.05) is 36.8 Å². The van der Waals surface area contributed by atoms with Crippen LogP contribution in [0.3, 0.4) is 0 Å². The van der Waals surface area contributed by atoms with Crippen LogP contribution in [0.5, 0.6) is 17.2 Å². The third kappa shape index (κ3) is 5.23. The predicted octanol–water partition coefficient (Wildman–Crippen LogP) is 3.26. The minimum absolute atomic E-state index is 0.579. The van der Waals surface area contributed by atoms with Crippen LogP contribution >= 0.6 is 11.3 Å². The molecule has 0 saturated carbocycles. The molecule has 0 aliphatic carbocycles. The van der Waals surface area contributed by atoms with Crippen molar-refractivity contribution >= 4 is 11.3 Å². The van der Waals surface area contributed by atoms with Crippen molar-refractivity contribution in [1.82, 2.24) is 19.9 Å². The van der Waals surface area contributed by atoms with Crippen LogP contribution in [0.1, 0.15) is 10.7 Å². The Labute approximate surface area is 151 Å². The van der Waals surface area contributed by atoms with Crippen molar-refractivity contribution in [2.24, 2.45) is 0 Å². The first-order valence-electron chi connectivity index (χ1n) is 7.93. The number of hydrogen-bond acceptors (Lipinski definition) is 7. The summed E-state index contributed by atoms with van der Waals surface area (Å²) >= 11 is 1.61. The summed E-state index contributed by atoms with van der Waals surface area (Å²) in [5.74, 6) is 2.00. The number of thiazole rings is 1. The maximum atomic E-state index is 5.95. The average molecular weight is 356 g/mol. The molecule has 0 radical (unpaired) electrons. The largest absolute Gasteiger partial charge is 0.490 e. The Hall–Kier alpha value is -2.51. The third-order valence-corrected chi connectivity index (χ3v) is 4.15. The lowest BCUT2D eigenvalue weighted by Crippen LogP contribution is -2.20. The fourth-order valence-corrected chi connectivity index (χ4v) is 2.75. The highest BCUT2D eigenvalue weighted by atomic mass is 32.1. The molecule has 0 saturated heterocycles. The summed E-state index contributed by atoms with van der Waals surface area (Å²) in [6.45, 7) is 1.40. The van der Waals surface area contributed by atoms with Gasteiger partial charge in [0.1, 0.15) is 23.9 Å². The van der Waals surface area contributed by atoms with Gasteiger partial charge in [-0.15, -0.1) is 11.3 Å². The zero-order valence-corrected chi connectivity index (χ0v) is 15.1. The Bertz CT molecular complexity index is 779. The van der Waals surface area contributed by atoms with E-state index in [1.165, 1.54) is 0 Å². The van der Waals surface area contributed by atoms with Crippen molar-refractivity contribution in [3.63, 3.8) is 0 Å². The zero-order valence-electron chi connectivity index (χ0n) is 14.3. The average Bonchev–Trinajstić information content (AvgIpc) is 3.11. The highest BCUT2D eigenvalue weighted by molar-refractivity contribution is 7.09. The highest BCUT2D eigenvalue weighted by Gasteiger charge is 2.11. The van der Waals surface area contributed by atoms with Crippen molar-refractivity contribution in [3.05, 3.63) is 59.1 Å². The van der Waals surface area contributed by atoms with Crippen LogP contribution in [0.25, 0.3) is 0 Å². The number of ether oxygens (including phenoxy) is 2. The van der Waals surface area contributed by atoms with Gasteiger partial charge in [0.2, 0.25) is 0 Å². The van der Waals surface area contributed by atoms with Gasteiger partial charge < -0.3 is 14.4 Å². The van der Waals surface area contributed by atoms with E-state index >= 15 is 0 Å². The van der Waals surface area contributed by atoms with Crippen LogP contribution in [0.15, 0.2) is 48.4 Å². The topological polar surface area (TPSA) is 60.4 Å². The molecule has 6 nitrogen and oxygen atoms in total. The number of aromatic nitrogens is 3. The Balaban J connectivity index is 1.78. The molecule has 0 aromatic carbocycles. The van der Waals surface area contributed by atoms with Gasteiger partial charge in [-0.2, -0.15) is 0 Å². The van der Waals surface area contributed by atoms with Crippen LogP contribution in [-0.4, -0.2) is 47.1 Å². The summed E-state index contributed by atoms with van der Waals surface area (Å²) in [5, 5.41) is 2.97. The van der Waals surface area contributed by atoms with Gasteiger partial charge in [-0.25, -0.2) is 4.98 Å². The molecule has 7 heteroatoms. The van der Waals surface area contributed by atoms with Gasteiger partial charge in [0.05, 0.1) is 23.1 Å². The molecule has 0 spiro atoms. The Kier molecular flexibility index (Phi) is 5.92. The molecule has 0 N–H and O–H groups in total. The lowest BCUT2D eigenvalue weighted by atomic mass is 10.2. The van der Waals surface area contributed by atoms with Crippen LogP contribution in [0.2, 0.25) is 0 Å². The second-order valence-corrected chi connectivity index (χ2v) is 6.64. The van der Waals surface area contributed by atoms with Crippen LogP contribution in [0, 0.1) is 0 Å². The predicted molar refractivity (Wildman–Crippen MR) is 97.5 cm³/mol. The van der Waals surface area contributed by atoms with Crippen molar-refractivity contribution < 1.29 is 9.47 Å². The van der Waals surface area contributed by atoms with Crippen LogP contribution in [0.4, 0.5) is 0 Å². The fourth-order valence-electron chi connectivity index (χ4n) is 2.13. The Morgan fingerprint density at radius 1 is 1.12 bits per heavy atom. The first-order chi connectivity index (χ1) is 12.2. The lowest BCUT2D eigenvalue weighted by molar-refractivity contribution is 0.258. The van der Waals surface area contributed by atoms with Crippen molar-refractivity contribution in [2.45, 2.75) is 6.42 Å². The van der Waals surface area contributed by atoms with Gasteiger partial charge in [0.15, 0.2) is 0 Å². The van der Waals surface area contributed by atoms with Crippen LogP contribution < -0.4 is 9.47 Å². The number of likely N-dealkylation sites (N-methyl/N-ethyl adjacent to an activating group) is 1. The van der Waals surface area contributed by atoms with Crippen LogP contribution in [-0.2, 0) is 6.42 Å². The maximum Gasteiger partial charge on any atom is 0.149 e. The van der Waals surface area contributed by atoms with E-state index in [-0.39, 0.29) is 0 Å². The smallest absolute Gasteiger partial charge is 0.149 e. The first kappa shape index (κ1) is 17.3. The molecule has 0 unspecified atom stereocenters. The molecular formula is C18H20N4O2S. The summed E-state index contributed by atoms with van der Waals surface area (Å²) in [5.41, 5.74) is 0.854. The molecule has 0 aliphatic rings. The molecule has 3 rings (SSSR count). The minimum atomic E-state index is 0.579. The standard InChI is InChI=1S/C18H20N4O2S/c1-22(2)7-8-23-17-10-15(24-14-4-3-5-19-12-14)13-21-16(17)11-18-20-6-9-25-18/h3-6,9-10,12-13H,7-8,11H2,1-2H3. The molecular weight excluding hydrogens is 336 g/mol. The van der Waals surface area contributed by atoms with E-state index in [4.69, 9.17) is 9.47 Å². The Morgan fingerprint density at radius 2 is 2.04 bits per heavy atom. The van der Waals surface area contributed by atoms with E-state index in [0.29, 0.717) is 24.5 Å². The zero-order chi connectivity index (χ0) is 17.5. The molecule has 3 heterocycles. The SMILES string of the molecule is CN(C)CCOc1cc(Oc2cccnc2)cnc1Cc1nccs1. The molecule has 130 valence electrons. The number of hydrogen-bond donors (Lipinski definition) is 0. The summed E-state index contributed by atoms with van der Waals surface area (Å²) in [7, 11) is 4.03. The Morgan fingerprint density at radius 3 is 2.76 bits per heavy atom. The van der Waals surface area contributed by atoms with E-state index in [2.05, 4.69) is 19.9 Å². The van der Waals surface area contributed by atoms with Gasteiger partial charge in [-0.1, -0.05) is 0 Å². The molecule has 0 amide bonds. The van der Waals surface area contributed by atoms with E-state index in [9.17, 15) is 0 Å². The molecule has 0 bridgehead atoms. The fraction of sp³-hybridized carbons (Fsp3) is 0.278. The van der Waals surface area contributed by atoms with Gasteiger partial charge in [0.25, 0.3) is 0 Å². The second-order valence-electron chi connectivity index (χ2n) is 5.66. The number of rotatable bonds is 8. The molecule has 3 aromatic heterocycles. The number of nitrogens with zero attached hydrogens (tertiary/aromatic N) is 4. The van der Waals surface area contributed by atoms with Crippen molar-refractivity contribution in [2.75, 3.05) is 27.2 Å². The summed E-state index contributed by atoms with van der Waals surface area (Å²) < 4.78 is 11.8. The van der Waals surface area contributed by atoms with Gasteiger partial charge in [-0.05, 0) is 26.2 Å². The lowest BCUT2D eigenvalue weighted by Gasteiger charge is -2.14. The number of pyridine rings is 2. The van der Waals surface area contributed by atoms with Crippen molar-refractivity contribution in [3.8, 4) is 17.2 Å². The molecule has 3 aromatic rings. The van der Waals surface area contributed by atoms with E-state index in [0.717, 1.165) is 23.0 Å². The third-order valence-electron chi connectivity index (χ3n) is 3.37. The normalized spacial score (nSPS) is 10.8. The van der Waals surface area contributed by atoms with Gasteiger partial charge in [-0.3, -0.25) is 9.97 Å². The monoisotopic (exact) mass is 356 g/mol. The molecule has 0 aliphatic heterocycles. The first-order valence-corrected chi connectivity index (χ1v) is 8.81. The van der Waals surface area contributed by atoms with Crippen molar-refractivity contribution in [1.29, 1.82) is 0 Å². The van der Waals surface area contributed by atoms with E-state index in [1.54, 1.807) is 36.1 Å².